The molecule has 0 N–H and O–H groups in total. The van der Waals surface area contributed by atoms with Gasteiger partial charge in [-0.05, 0) is 43.2 Å². The number of hydrogen-bond acceptors (Lipinski definition) is 4. The highest BCUT2D eigenvalue weighted by Crippen LogP contribution is 2.38. The van der Waals surface area contributed by atoms with Crippen LogP contribution in [0.1, 0.15) is 37.7 Å². The number of halogens is 1. The van der Waals surface area contributed by atoms with Crippen molar-refractivity contribution in [1.82, 2.24) is 14.7 Å². The summed E-state index contributed by atoms with van der Waals surface area (Å²) in [5, 5.41) is 5.51. The van der Waals surface area contributed by atoms with Crippen LogP contribution in [0.5, 0.6) is 0 Å². The third-order valence-corrected chi connectivity index (χ3v) is 7.51. The number of aromatic nitrogens is 2. The summed E-state index contributed by atoms with van der Waals surface area (Å²) >= 11 is 13.1. The summed E-state index contributed by atoms with van der Waals surface area (Å²) in [7, 11) is 0. The first-order valence-corrected chi connectivity index (χ1v) is 12.4. The molecular weight excluding hydrogens is 458 g/mol. The van der Waals surface area contributed by atoms with Crippen LogP contribution in [0, 0.1) is 0 Å². The van der Waals surface area contributed by atoms with Gasteiger partial charge in [-0.2, -0.15) is 5.10 Å². The maximum absolute atomic E-state index is 13.3. The van der Waals surface area contributed by atoms with E-state index in [0.29, 0.717) is 14.2 Å². The Balaban J connectivity index is 1.54. The average Bonchev–Trinajstić information content (AvgIpc) is 3.36. The summed E-state index contributed by atoms with van der Waals surface area (Å²) in [6, 6.07) is 17.8. The van der Waals surface area contributed by atoms with E-state index in [0.717, 1.165) is 48.2 Å². The molecule has 1 aromatic heterocycles. The van der Waals surface area contributed by atoms with Gasteiger partial charge in [0.05, 0.1) is 16.3 Å². The Morgan fingerprint density at radius 1 is 1.03 bits per heavy atom. The molecule has 0 radical (unpaired) electrons. The number of carbonyl (C=O) groups excluding carboxylic acids is 1. The van der Waals surface area contributed by atoms with Crippen molar-refractivity contribution in [2.75, 3.05) is 0 Å². The first-order chi connectivity index (χ1) is 15.6. The molecule has 2 fully saturated rings. The second-order valence-corrected chi connectivity index (χ2v) is 10.2. The number of rotatable bonds is 4. The van der Waals surface area contributed by atoms with E-state index in [1.165, 1.54) is 18.2 Å². The van der Waals surface area contributed by atoms with E-state index in [-0.39, 0.29) is 11.9 Å². The second kappa shape index (κ2) is 9.22. The highest BCUT2D eigenvalue weighted by atomic mass is 35.5. The second-order valence-electron chi connectivity index (χ2n) is 8.06. The molecule has 4 nitrogen and oxygen atoms in total. The van der Waals surface area contributed by atoms with Gasteiger partial charge >= 0.3 is 0 Å². The Kier molecular flexibility index (Phi) is 6.17. The van der Waals surface area contributed by atoms with E-state index >= 15 is 0 Å². The third-order valence-electron chi connectivity index (χ3n) is 5.93. The Hall–Kier alpha value is -2.41. The summed E-state index contributed by atoms with van der Waals surface area (Å²) in [6.45, 7) is 0. The zero-order valence-electron chi connectivity index (χ0n) is 17.4. The van der Waals surface area contributed by atoms with Gasteiger partial charge in [0.25, 0.3) is 5.91 Å². The minimum atomic E-state index is 0.0152. The minimum Gasteiger partial charge on any atom is -0.290 e. The van der Waals surface area contributed by atoms with Crippen molar-refractivity contribution in [3.8, 4) is 16.9 Å². The molecule has 1 aliphatic carbocycles. The number of amides is 1. The molecule has 1 saturated heterocycles. The Morgan fingerprint density at radius 2 is 1.75 bits per heavy atom. The first kappa shape index (κ1) is 21.4. The fraction of sp³-hybridized carbons (Fsp3) is 0.240. The molecule has 5 rings (SSSR count). The van der Waals surface area contributed by atoms with Crippen LogP contribution >= 0.6 is 35.6 Å². The van der Waals surface area contributed by atoms with Gasteiger partial charge in [0, 0.05) is 28.4 Å². The molecule has 1 saturated carbocycles. The summed E-state index contributed by atoms with van der Waals surface area (Å²) in [4.78, 5) is 15.8. The van der Waals surface area contributed by atoms with Gasteiger partial charge in [-0.3, -0.25) is 9.69 Å². The van der Waals surface area contributed by atoms with Gasteiger partial charge < -0.3 is 0 Å². The normalized spacial score (nSPS) is 18.7. The number of thioether (sulfide) groups is 1. The van der Waals surface area contributed by atoms with Crippen molar-refractivity contribution >= 4 is 51.9 Å². The topological polar surface area (TPSA) is 38.1 Å². The molecule has 3 aromatic rings. The smallest absolute Gasteiger partial charge is 0.266 e. The third kappa shape index (κ3) is 4.27. The van der Waals surface area contributed by atoms with E-state index in [9.17, 15) is 4.79 Å². The number of thiocarbonyl (C=S) groups is 1. The van der Waals surface area contributed by atoms with Gasteiger partial charge in [0.15, 0.2) is 0 Å². The lowest BCUT2D eigenvalue weighted by molar-refractivity contribution is -0.124. The van der Waals surface area contributed by atoms with E-state index in [4.69, 9.17) is 28.9 Å². The van der Waals surface area contributed by atoms with E-state index in [2.05, 4.69) is 0 Å². The number of hydrogen-bond donors (Lipinski definition) is 0. The van der Waals surface area contributed by atoms with Gasteiger partial charge in [-0.1, -0.05) is 85.2 Å². The monoisotopic (exact) mass is 479 g/mol. The Morgan fingerprint density at radius 3 is 2.47 bits per heavy atom. The van der Waals surface area contributed by atoms with Gasteiger partial charge in [-0.25, -0.2) is 4.68 Å². The van der Waals surface area contributed by atoms with Gasteiger partial charge in [0.2, 0.25) is 0 Å². The molecule has 2 aromatic carbocycles. The SMILES string of the molecule is O=C1/C(=C/c2cn(-c3ccccc3)nc2-c2ccc(Cl)cc2)SC(=S)N1C1CCCCC1. The van der Waals surface area contributed by atoms with Crippen molar-refractivity contribution in [1.29, 1.82) is 0 Å². The summed E-state index contributed by atoms with van der Waals surface area (Å²) in [6.07, 6.45) is 9.51. The van der Waals surface area contributed by atoms with Crippen LogP contribution in [0.3, 0.4) is 0 Å². The molecule has 162 valence electrons. The fourth-order valence-electron chi connectivity index (χ4n) is 4.31. The van der Waals surface area contributed by atoms with E-state index in [1.807, 2.05) is 76.5 Å². The minimum absolute atomic E-state index is 0.0152. The highest BCUT2D eigenvalue weighted by molar-refractivity contribution is 8.26. The molecule has 32 heavy (non-hydrogen) atoms. The lowest BCUT2D eigenvalue weighted by Crippen LogP contribution is -2.39. The number of carbonyl (C=O) groups is 1. The molecule has 0 bridgehead atoms. The molecule has 2 aliphatic rings. The quantitative estimate of drug-likeness (QED) is 0.307. The van der Waals surface area contributed by atoms with E-state index < -0.39 is 0 Å². The van der Waals surface area contributed by atoms with Crippen molar-refractivity contribution in [2.45, 2.75) is 38.1 Å². The molecule has 0 unspecified atom stereocenters. The molecule has 0 atom stereocenters. The van der Waals surface area contributed by atoms with Gasteiger partial charge in [0.1, 0.15) is 4.32 Å². The Bertz CT molecular complexity index is 1180. The lowest BCUT2D eigenvalue weighted by atomic mass is 9.94. The molecule has 0 spiro atoms. The van der Waals surface area contributed by atoms with Crippen LogP contribution in [0.15, 0.2) is 65.7 Å². The summed E-state index contributed by atoms with van der Waals surface area (Å²) in [5.74, 6) is 0.0152. The van der Waals surface area contributed by atoms with Crippen LogP contribution in [0.4, 0.5) is 0 Å². The van der Waals surface area contributed by atoms with Crippen molar-refractivity contribution < 1.29 is 4.79 Å². The molecule has 1 aliphatic heterocycles. The Labute approximate surface area is 202 Å². The summed E-state index contributed by atoms with van der Waals surface area (Å²) in [5.41, 5.74) is 3.57. The maximum Gasteiger partial charge on any atom is 0.266 e. The van der Waals surface area contributed by atoms with Crippen LogP contribution < -0.4 is 0 Å². The van der Waals surface area contributed by atoms with Gasteiger partial charge in [-0.15, -0.1) is 0 Å². The van der Waals surface area contributed by atoms with Crippen molar-refractivity contribution in [2.24, 2.45) is 0 Å². The summed E-state index contributed by atoms with van der Waals surface area (Å²) < 4.78 is 2.51. The molecule has 7 heteroatoms. The first-order valence-electron chi connectivity index (χ1n) is 10.8. The molecule has 2 heterocycles. The largest absolute Gasteiger partial charge is 0.290 e. The predicted molar refractivity (Wildman–Crippen MR) is 136 cm³/mol. The van der Waals surface area contributed by atoms with Crippen molar-refractivity contribution in [3.05, 3.63) is 76.3 Å². The number of para-hydroxylation sites is 1. The number of benzene rings is 2. The van der Waals surface area contributed by atoms with Crippen molar-refractivity contribution in [3.63, 3.8) is 0 Å². The molecule has 1 amide bonds. The van der Waals surface area contributed by atoms with Crippen LogP contribution in [-0.4, -0.2) is 30.9 Å². The zero-order chi connectivity index (χ0) is 22.1. The standard InChI is InChI=1S/C25H22ClN3OS2/c26-19-13-11-17(12-14-19)23-18(16-28(27-23)20-7-3-1-4-8-20)15-22-24(30)29(25(31)32-22)21-9-5-2-6-10-21/h1,3-4,7-8,11-16,21H,2,5-6,9-10H2/b22-15-. The maximum atomic E-state index is 13.3. The van der Waals surface area contributed by atoms with Crippen LogP contribution in [0.2, 0.25) is 5.02 Å². The number of nitrogens with zero attached hydrogens (tertiary/aromatic N) is 3. The lowest BCUT2D eigenvalue weighted by Gasteiger charge is -2.29. The zero-order valence-corrected chi connectivity index (χ0v) is 19.8. The van der Waals surface area contributed by atoms with E-state index in [1.54, 1.807) is 0 Å². The van der Waals surface area contributed by atoms with Crippen LogP contribution in [-0.2, 0) is 4.79 Å². The average molecular weight is 480 g/mol. The molecular formula is C25H22ClN3OS2. The van der Waals surface area contributed by atoms with Crippen LogP contribution in [0.25, 0.3) is 23.0 Å². The highest BCUT2D eigenvalue weighted by Gasteiger charge is 2.37. The fourth-order valence-corrected chi connectivity index (χ4v) is 5.83. The predicted octanol–water partition coefficient (Wildman–Crippen LogP) is 6.73.